The number of hydrogen-bond donors (Lipinski definition) is 1. The molecule has 1 N–H and O–H groups in total. The van der Waals surface area contributed by atoms with Gasteiger partial charge in [0.15, 0.2) is 0 Å². The van der Waals surface area contributed by atoms with Crippen molar-refractivity contribution in [2.75, 3.05) is 25.2 Å². The molecule has 1 heterocycles. The Kier molecular flexibility index (Phi) is 4.04. The maximum Gasteiger partial charge on any atom is 0.337 e. The molecule has 0 bridgehead atoms. The van der Waals surface area contributed by atoms with Crippen LogP contribution in [0.4, 0.5) is 5.82 Å². The Morgan fingerprint density at radius 1 is 1.67 bits per heavy atom. The molecule has 0 aliphatic heterocycles. The molecule has 2 rings (SSSR count). The Hall–Kier alpha value is -1.33. The molecular formula is C12H15ClN2O3. The lowest BCUT2D eigenvalue weighted by Crippen LogP contribution is -2.30. The normalized spacial score (nSPS) is 14.6. The first-order chi connectivity index (χ1) is 8.65. The highest BCUT2D eigenvalue weighted by atomic mass is 35.5. The van der Waals surface area contributed by atoms with E-state index in [1.807, 2.05) is 4.90 Å². The summed E-state index contributed by atoms with van der Waals surface area (Å²) in [6.45, 7) is 1.22. The summed E-state index contributed by atoms with van der Waals surface area (Å²) >= 11 is 6.12. The van der Waals surface area contributed by atoms with E-state index in [1.54, 1.807) is 7.11 Å². The van der Waals surface area contributed by atoms with E-state index in [0.717, 1.165) is 12.8 Å². The summed E-state index contributed by atoms with van der Waals surface area (Å²) in [5.41, 5.74) is 0.0877. The molecule has 0 saturated heterocycles. The Labute approximate surface area is 110 Å². The van der Waals surface area contributed by atoms with Crippen molar-refractivity contribution in [2.45, 2.75) is 18.9 Å². The second kappa shape index (κ2) is 5.54. The van der Waals surface area contributed by atoms with E-state index in [0.29, 0.717) is 25.0 Å². The van der Waals surface area contributed by atoms with E-state index in [1.165, 1.54) is 12.3 Å². The molecule has 0 radical (unpaired) electrons. The minimum atomic E-state index is -1.04. The standard InChI is InChI=1S/C12H15ClN2O3/c1-18-7-6-15(8-2-3-8)11-10(13)9(12(16)17)4-5-14-11/h4-5,8H,2-3,6-7H2,1H3,(H,16,17). The van der Waals surface area contributed by atoms with Crippen molar-refractivity contribution in [3.8, 4) is 0 Å². The number of hydrogen-bond acceptors (Lipinski definition) is 4. The molecule has 98 valence electrons. The second-order valence-electron chi connectivity index (χ2n) is 4.22. The number of rotatable bonds is 6. The number of anilines is 1. The van der Waals surface area contributed by atoms with Crippen molar-refractivity contribution in [2.24, 2.45) is 0 Å². The summed E-state index contributed by atoms with van der Waals surface area (Å²) in [7, 11) is 1.63. The van der Waals surface area contributed by atoms with Gasteiger partial charge in [-0.25, -0.2) is 9.78 Å². The number of pyridine rings is 1. The maximum atomic E-state index is 11.0. The van der Waals surface area contributed by atoms with Gasteiger partial charge in [0.25, 0.3) is 0 Å². The van der Waals surface area contributed by atoms with Gasteiger partial charge in [0.2, 0.25) is 0 Å². The minimum absolute atomic E-state index is 0.0877. The van der Waals surface area contributed by atoms with Crippen LogP contribution >= 0.6 is 11.6 Å². The Bertz CT molecular complexity index is 449. The number of ether oxygens (including phenoxy) is 1. The van der Waals surface area contributed by atoms with Crippen LogP contribution in [0.25, 0.3) is 0 Å². The third-order valence-electron chi connectivity index (χ3n) is 2.90. The van der Waals surface area contributed by atoms with Crippen LogP contribution in [0.3, 0.4) is 0 Å². The van der Waals surface area contributed by atoms with E-state index in [-0.39, 0.29) is 10.6 Å². The zero-order valence-electron chi connectivity index (χ0n) is 10.1. The third-order valence-corrected chi connectivity index (χ3v) is 3.27. The molecule has 18 heavy (non-hydrogen) atoms. The van der Waals surface area contributed by atoms with Gasteiger partial charge < -0.3 is 14.7 Å². The molecule has 0 unspecified atom stereocenters. The first-order valence-electron chi connectivity index (χ1n) is 5.78. The summed E-state index contributed by atoms with van der Waals surface area (Å²) in [5.74, 6) is -0.498. The van der Waals surface area contributed by atoms with Crippen molar-refractivity contribution in [3.63, 3.8) is 0 Å². The van der Waals surface area contributed by atoms with Gasteiger partial charge in [0.1, 0.15) is 5.82 Å². The summed E-state index contributed by atoms with van der Waals surface area (Å²) in [6, 6.07) is 1.81. The fourth-order valence-corrected chi connectivity index (χ4v) is 2.14. The summed E-state index contributed by atoms with van der Waals surface area (Å²) < 4.78 is 5.06. The Balaban J connectivity index is 2.29. The van der Waals surface area contributed by atoms with Gasteiger partial charge in [-0.2, -0.15) is 0 Å². The van der Waals surface area contributed by atoms with E-state index >= 15 is 0 Å². The number of halogens is 1. The molecule has 5 nitrogen and oxygen atoms in total. The smallest absolute Gasteiger partial charge is 0.337 e. The number of aromatic carboxylic acids is 1. The minimum Gasteiger partial charge on any atom is -0.478 e. The molecule has 1 fully saturated rings. The molecule has 0 atom stereocenters. The molecule has 0 amide bonds. The van der Waals surface area contributed by atoms with Gasteiger partial charge in [-0.3, -0.25) is 0 Å². The predicted octanol–water partition coefficient (Wildman–Crippen LogP) is 2.05. The Morgan fingerprint density at radius 2 is 2.39 bits per heavy atom. The molecule has 1 aromatic rings. The van der Waals surface area contributed by atoms with E-state index in [2.05, 4.69) is 4.98 Å². The van der Waals surface area contributed by atoms with Gasteiger partial charge in [0.05, 0.1) is 17.2 Å². The lowest BCUT2D eigenvalue weighted by atomic mass is 10.2. The topological polar surface area (TPSA) is 62.7 Å². The zero-order valence-corrected chi connectivity index (χ0v) is 10.9. The van der Waals surface area contributed by atoms with Crippen LogP contribution in [-0.4, -0.2) is 42.4 Å². The number of nitrogens with zero attached hydrogens (tertiary/aromatic N) is 2. The molecule has 1 aliphatic rings. The first-order valence-corrected chi connectivity index (χ1v) is 6.16. The Morgan fingerprint density at radius 3 is 2.94 bits per heavy atom. The number of carbonyl (C=O) groups is 1. The lowest BCUT2D eigenvalue weighted by Gasteiger charge is -2.24. The van der Waals surface area contributed by atoms with Crippen LogP contribution in [0.2, 0.25) is 5.02 Å². The second-order valence-corrected chi connectivity index (χ2v) is 4.60. The van der Waals surface area contributed by atoms with Crippen LogP contribution in [0.1, 0.15) is 23.2 Å². The number of aromatic nitrogens is 1. The van der Waals surface area contributed by atoms with Crippen LogP contribution in [-0.2, 0) is 4.74 Å². The van der Waals surface area contributed by atoms with Crippen LogP contribution in [0.5, 0.6) is 0 Å². The quantitative estimate of drug-likeness (QED) is 0.857. The molecule has 1 aromatic heterocycles. The molecule has 0 spiro atoms. The molecule has 6 heteroatoms. The number of methoxy groups -OCH3 is 1. The van der Waals surface area contributed by atoms with Crippen LogP contribution in [0.15, 0.2) is 12.3 Å². The summed E-state index contributed by atoms with van der Waals surface area (Å²) in [5, 5.41) is 9.25. The predicted molar refractivity (Wildman–Crippen MR) is 68.5 cm³/mol. The third kappa shape index (κ3) is 2.73. The monoisotopic (exact) mass is 270 g/mol. The fourth-order valence-electron chi connectivity index (χ4n) is 1.84. The maximum absolute atomic E-state index is 11.0. The van der Waals surface area contributed by atoms with Gasteiger partial charge in [-0.1, -0.05) is 11.6 Å². The molecule has 0 aromatic carbocycles. The zero-order chi connectivity index (χ0) is 13.1. The lowest BCUT2D eigenvalue weighted by molar-refractivity contribution is 0.0697. The molecular weight excluding hydrogens is 256 g/mol. The van der Waals surface area contributed by atoms with E-state index in [4.69, 9.17) is 21.4 Å². The van der Waals surface area contributed by atoms with Gasteiger partial charge in [-0.05, 0) is 18.9 Å². The summed E-state index contributed by atoms with van der Waals surface area (Å²) in [4.78, 5) is 17.3. The van der Waals surface area contributed by atoms with Crippen molar-refractivity contribution in [3.05, 3.63) is 22.8 Å². The van der Waals surface area contributed by atoms with Gasteiger partial charge in [0, 0.05) is 25.9 Å². The average molecular weight is 271 g/mol. The molecule has 1 saturated carbocycles. The SMILES string of the molecule is COCCN(c1nccc(C(=O)O)c1Cl)C1CC1. The number of carboxylic acid groups (broad SMARTS) is 1. The van der Waals surface area contributed by atoms with E-state index < -0.39 is 5.97 Å². The summed E-state index contributed by atoms with van der Waals surface area (Å²) in [6.07, 6.45) is 3.64. The number of carboxylic acids is 1. The van der Waals surface area contributed by atoms with Gasteiger partial charge in [-0.15, -0.1) is 0 Å². The molecule has 1 aliphatic carbocycles. The first kappa shape index (κ1) is 13.1. The highest BCUT2D eigenvalue weighted by Gasteiger charge is 2.31. The highest BCUT2D eigenvalue weighted by Crippen LogP contribution is 2.35. The van der Waals surface area contributed by atoms with Gasteiger partial charge >= 0.3 is 5.97 Å². The van der Waals surface area contributed by atoms with Crippen molar-refractivity contribution in [1.82, 2.24) is 4.98 Å². The van der Waals surface area contributed by atoms with Crippen LogP contribution < -0.4 is 4.90 Å². The largest absolute Gasteiger partial charge is 0.478 e. The van der Waals surface area contributed by atoms with Crippen molar-refractivity contribution < 1.29 is 14.6 Å². The van der Waals surface area contributed by atoms with Crippen molar-refractivity contribution in [1.29, 1.82) is 0 Å². The van der Waals surface area contributed by atoms with Crippen molar-refractivity contribution >= 4 is 23.4 Å². The average Bonchev–Trinajstić information content (AvgIpc) is 3.15. The van der Waals surface area contributed by atoms with Crippen LogP contribution in [0, 0.1) is 0 Å². The van der Waals surface area contributed by atoms with E-state index in [9.17, 15) is 4.79 Å². The fraction of sp³-hybridized carbons (Fsp3) is 0.500. The highest BCUT2D eigenvalue weighted by molar-refractivity contribution is 6.35.